The summed E-state index contributed by atoms with van der Waals surface area (Å²) in [6, 6.07) is 5.74. The van der Waals surface area contributed by atoms with E-state index in [1.54, 1.807) is 12.1 Å². The van der Waals surface area contributed by atoms with Crippen molar-refractivity contribution in [2.45, 2.75) is 50.5 Å². The van der Waals surface area contributed by atoms with Crippen LogP contribution in [0.15, 0.2) is 24.3 Å². The average Bonchev–Trinajstić information content (AvgIpc) is 2.64. The molecule has 144 valence electrons. The molecule has 0 spiro atoms. The van der Waals surface area contributed by atoms with Crippen LogP contribution in [-0.2, 0) is 9.59 Å². The van der Waals surface area contributed by atoms with Gasteiger partial charge in [0.05, 0.1) is 5.54 Å². The van der Waals surface area contributed by atoms with Gasteiger partial charge in [-0.15, -0.1) is 12.4 Å². The zero-order valence-corrected chi connectivity index (χ0v) is 15.7. The average molecular weight is 384 g/mol. The molecule has 1 aromatic carbocycles. The highest BCUT2D eigenvalue weighted by atomic mass is 35.5. The van der Waals surface area contributed by atoms with E-state index in [2.05, 4.69) is 5.32 Å². The van der Waals surface area contributed by atoms with E-state index in [1.165, 1.54) is 12.1 Å². The van der Waals surface area contributed by atoms with Crippen molar-refractivity contribution < 1.29 is 14.0 Å². The van der Waals surface area contributed by atoms with E-state index in [4.69, 9.17) is 5.73 Å². The molecule has 0 aromatic heterocycles. The first kappa shape index (κ1) is 20.6. The summed E-state index contributed by atoms with van der Waals surface area (Å²) in [5.74, 6) is -0.485. The van der Waals surface area contributed by atoms with Crippen LogP contribution in [0.2, 0.25) is 0 Å². The molecule has 5 nitrogen and oxygen atoms in total. The van der Waals surface area contributed by atoms with Crippen molar-refractivity contribution in [3.05, 3.63) is 30.1 Å². The quantitative estimate of drug-likeness (QED) is 0.842. The van der Waals surface area contributed by atoms with Crippen LogP contribution in [0.5, 0.6) is 0 Å². The van der Waals surface area contributed by atoms with Gasteiger partial charge in [-0.25, -0.2) is 4.39 Å². The molecular formula is C19H27ClFN3O2. The standard InChI is InChI=1S/C19H26FN3O2.ClH/c20-15-4-6-16(7-5-15)22-17(24)14-8-12-23(13-9-14)18(25)19(21)10-2-1-3-11-19;/h4-7,14H,1-3,8-13,21H2,(H,22,24);1H. The van der Waals surface area contributed by atoms with Crippen molar-refractivity contribution in [2.24, 2.45) is 11.7 Å². The third kappa shape index (κ3) is 4.74. The molecule has 1 saturated carbocycles. The van der Waals surface area contributed by atoms with Crippen LogP contribution in [0.1, 0.15) is 44.9 Å². The summed E-state index contributed by atoms with van der Waals surface area (Å²) in [5.41, 5.74) is 6.23. The van der Waals surface area contributed by atoms with Crippen molar-refractivity contribution in [1.29, 1.82) is 0 Å². The zero-order chi connectivity index (χ0) is 17.9. The van der Waals surface area contributed by atoms with Crippen molar-refractivity contribution in [3.63, 3.8) is 0 Å². The first-order valence-corrected chi connectivity index (χ1v) is 9.13. The molecule has 3 rings (SSSR count). The molecule has 2 fully saturated rings. The maximum atomic E-state index is 12.9. The van der Waals surface area contributed by atoms with Gasteiger partial charge in [0.25, 0.3) is 0 Å². The third-order valence-electron chi connectivity index (χ3n) is 5.44. The number of rotatable bonds is 3. The molecule has 2 aliphatic rings. The van der Waals surface area contributed by atoms with Gasteiger partial charge < -0.3 is 16.0 Å². The fourth-order valence-corrected chi connectivity index (χ4v) is 3.83. The molecule has 0 atom stereocenters. The first-order valence-electron chi connectivity index (χ1n) is 9.13. The number of nitrogens with two attached hydrogens (primary N) is 1. The second-order valence-corrected chi connectivity index (χ2v) is 7.28. The lowest BCUT2D eigenvalue weighted by atomic mass is 9.81. The molecule has 7 heteroatoms. The Bertz CT molecular complexity index is 624. The molecular weight excluding hydrogens is 357 g/mol. The van der Waals surface area contributed by atoms with E-state index in [-0.39, 0.29) is 36.0 Å². The van der Waals surface area contributed by atoms with E-state index in [9.17, 15) is 14.0 Å². The van der Waals surface area contributed by atoms with Crippen LogP contribution >= 0.6 is 12.4 Å². The first-order chi connectivity index (χ1) is 12.0. The number of nitrogens with zero attached hydrogens (tertiary/aromatic N) is 1. The lowest BCUT2D eigenvalue weighted by Gasteiger charge is -2.39. The van der Waals surface area contributed by atoms with Crippen molar-refractivity contribution >= 4 is 29.9 Å². The van der Waals surface area contributed by atoms with Gasteiger partial charge in [-0.3, -0.25) is 9.59 Å². The van der Waals surface area contributed by atoms with Gasteiger partial charge in [-0.05, 0) is 49.9 Å². The number of amides is 2. The van der Waals surface area contributed by atoms with Gasteiger partial charge in [0.15, 0.2) is 0 Å². The number of likely N-dealkylation sites (tertiary alicyclic amines) is 1. The number of carbonyl (C=O) groups excluding carboxylic acids is 2. The van der Waals surface area contributed by atoms with Gasteiger partial charge in [-0.2, -0.15) is 0 Å². The van der Waals surface area contributed by atoms with Crippen molar-refractivity contribution in [2.75, 3.05) is 18.4 Å². The number of benzene rings is 1. The summed E-state index contributed by atoms with van der Waals surface area (Å²) in [7, 11) is 0. The summed E-state index contributed by atoms with van der Waals surface area (Å²) >= 11 is 0. The number of hydrogen-bond donors (Lipinski definition) is 2. The summed E-state index contributed by atoms with van der Waals surface area (Å²) in [6.45, 7) is 1.14. The van der Waals surface area contributed by atoms with Gasteiger partial charge in [0.1, 0.15) is 5.82 Å². The Morgan fingerprint density at radius 2 is 1.65 bits per heavy atom. The molecule has 1 aliphatic heterocycles. The number of hydrogen-bond acceptors (Lipinski definition) is 3. The van der Waals surface area contributed by atoms with Gasteiger partial charge in [0, 0.05) is 24.7 Å². The van der Waals surface area contributed by atoms with Crippen LogP contribution in [-0.4, -0.2) is 35.3 Å². The lowest BCUT2D eigenvalue weighted by Crippen LogP contribution is -2.58. The van der Waals surface area contributed by atoms with Gasteiger partial charge >= 0.3 is 0 Å². The SMILES string of the molecule is Cl.NC1(C(=O)N2CCC(C(=O)Nc3ccc(F)cc3)CC2)CCCCC1. The fraction of sp³-hybridized carbons (Fsp3) is 0.579. The fourth-order valence-electron chi connectivity index (χ4n) is 3.83. The topological polar surface area (TPSA) is 75.4 Å². The molecule has 2 amide bonds. The number of nitrogens with one attached hydrogen (secondary N) is 1. The summed E-state index contributed by atoms with van der Waals surface area (Å²) in [6.07, 6.45) is 5.97. The Morgan fingerprint density at radius 3 is 2.23 bits per heavy atom. The maximum absolute atomic E-state index is 12.9. The smallest absolute Gasteiger partial charge is 0.242 e. The predicted octanol–water partition coefficient (Wildman–Crippen LogP) is 3.09. The number of piperidine rings is 1. The highest BCUT2D eigenvalue weighted by molar-refractivity contribution is 5.93. The van der Waals surface area contributed by atoms with Crippen molar-refractivity contribution in [1.82, 2.24) is 4.90 Å². The number of carbonyl (C=O) groups is 2. The minimum atomic E-state index is -0.707. The highest BCUT2D eigenvalue weighted by Crippen LogP contribution is 2.29. The highest BCUT2D eigenvalue weighted by Gasteiger charge is 2.39. The van der Waals surface area contributed by atoms with Crippen LogP contribution in [0, 0.1) is 11.7 Å². The minimum absolute atomic E-state index is 0. The summed E-state index contributed by atoms with van der Waals surface area (Å²) in [5, 5.41) is 2.82. The van der Waals surface area contributed by atoms with E-state index >= 15 is 0 Å². The third-order valence-corrected chi connectivity index (χ3v) is 5.44. The van der Waals surface area contributed by atoms with Crippen molar-refractivity contribution in [3.8, 4) is 0 Å². The van der Waals surface area contributed by atoms with Crippen LogP contribution in [0.3, 0.4) is 0 Å². The van der Waals surface area contributed by atoms with Gasteiger partial charge in [0.2, 0.25) is 11.8 Å². The molecule has 0 bridgehead atoms. The number of anilines is 1. The Kier molecular flexibility index (Phi) is 7.01. The van der Waals surface area contributed by atoms with Crippen LogP contribution < -0.4 is 11.1 Å². The summed E-state index contributed by atoms with van der Waals surface area (Å²) in [4.78, 5) is 26.9. The second kappa shape index (κ2) is 8.82. The number of halogens is 2. The van der Waals surface area contributed by atoms with E-state index in [1.807, 2.05) is 4.90 Å². The van der Waals surface area contributed by atoms with Gasteiger partial charge in [-0.1, -0.05) is 19.3 Å². The molecule has 1 aromatic rings. The Morgan fingerprint density at radius 1 is 1.08 bits per heavy atom. The van der Waals surface area contributed by atoms with Crippen LogP contribution in [0.25, 0.3) is 0 Å². The minimum Gasteiger partial charge on any atom is -0.341 e. The molecule has 0 unspecified atom stereocenters. The summed E-state index contributed by atoms with van der Waals surface area (Å²) < 4.78 is 12.9. The molecule has 26 heavy (non-hydrogen) atoms. The molecule has 0 radical (unpaired) electrons. The maximum Gasteiger partial charge on any atom is 0.242 e. The Hall–Kier alpha value is -1.66. The van der Waals surface area contributed by atoms with E-state index in [0.29, 0.717) is 31.6 Å². The van der Waals surface area contributed by atoms with E-state index < -0.39 is 5.54 Å². The largest absolute Gasteiger partial charge is 0.341 e. The normalized spacial score (nSPS) is 20.2. The zero-order valence-electron chi connectivity index (χ0n) is 14.9. The Labute approximate surface area is 159 Å². The predicted molar refractivity (Wildman–Crippen MR) is 102 cm³/mol. The molecule has 1 saturated heterocycles. The Balaban J connectivity index is 0.00000243. The second-order valence-electron chi connectivity index (χ2n) is 7.28. The molecule has 3 N–H and O–H groups in total. The lowest BCUT2D eigenvalue weighted by molar-refractivity contribution is -0.140. The van der Waals surface area contributed by atoms with E-state index in [0.717, 1.165) is 32.1 Å². The molecule has 1 heterocycles. The van der Waals surface area contributed by atoms with Crippen LogP contribution in [0.4, 0.5) is 10.1 Å². The molecule has 1 aliphatic carbocycles. The monoisotopic (exact) mass is 383 g/mol.